The van der Waals surface area contributed by atoms with Crippen LogP contribution in [0, 0.1) is 11.3 Å². The maximum atomic E-state index is 10.2. The van der Waals surface area contributed by atoms with Crippen molar-refractivity contribution in [2.45, 2.75) is 34.1 Å². The van der Waals surface area contributed by atoms with E-state index in [1.54, 1.807) is 0 Å². The van der Waals surface area contributed by atoms with Gasteiger partial charge in [-0.15, -0.1) is 0 Å². The molecule has 0 unspecified atom stereocenters. The lowest BCUT2D eigenvalue weighted by molar-refractivity contribution is -0.133. The Labute approximate surface area is 116 Å². The molecule has 0 fully saturated rings. The van der Waals surface area contributed by atoms with E-state index < -0.39 is 0 Å². The topological polar surface area (TPSA) is 55.8 Å². The zero-order chi connectivity index (χ0) is 14.7. The van der Waals surface area contributed by atoms with Crippen LogP contribution in [-0.2, 0) is 19.1 Å². The van der Waals surface area contributed by atoms with Gasteiger partial charge in [0, 0.05) is 12.5 Å². The number of rotatable bonds is 11. The van der Waals surface area contributed by atoms with Crippen molar-refractivity contribution in [3.63, 3.8) is 0 Å². The average molecular weight is 273 g/mol. The minimum absolute atomic E-state index is 0.0596. The van der Waals surface area contributed by atoms with Crippen molar-refractivity contribution in [3.05, 3.63) is 0 Å². The molecule has 0 heterocycles. The Morgan fingerprint density at radius 2 is 1.63 bits per heavy atom. The van der Waals surface area contributed by atoms with E-state index in [1.807, 2.05) is 0 Å². The molecule has 0 radical (unpaired) electrons. The highest BCUT2D eigenvalue weighted by molar-refractivity contribution is 5.37. The van der Waals surface area contributed by atoms with Gasteiger partial charge in [-0.3, -0.25) is 9.59 Å². The molecule has 0 saturated carbocycles. The van der Waals surface area contributed by atoms with Crippen LogP contribution >= 0.6 is 0 Å². The monoisotopic (exact) mass is 273 g/mol. The number of carbonyl (C=O) groups excluding carboxylic acids is 2. The number of hydrogen-bond donors (Lipinski definition) is 0. The smallest absolute Gasteiger partial charge is 0.293 e. The molecule has 0 amide bonds. The van der Waals surface area contributed by atoms with Crippen molar-refractivity contribution in [2.75, 3.05) is 32.8 Å². The molecule has 0 bridgehead atoms. The fourth-order valence-corrected chi connectivity index (χ4v) is 1.95. The summed E-state index contributed by atoms with van der Waals surface area (Å²) in [5.41, 5.74) is 0.254. The third kappa shape index (κ3) is 10.5. The van der Waals surface area contributed by atoms with E-state index in [9.17, 15) is 9.59 Å². The largest absolute Gasteiger partial charge is 0.467 e. The molecule has 0 spiro atoms. The van der Waals surface area contributed by atoms with Gasteiger partial charge in [0.25, 0.3) is 12.9 Å². The summed E-state index contributed by atoms with van der Waals surface area (Å²) in [5, 5.41) is 0. The summed E-state index contributed by atoms with van der Waals surface area (Å²) in [5.74, 6) is 0.0596. The van der Waals surface area contributed by atoms with Gasteiger partial charge >= 0.3 is 0 Å². The molecule has 0 saturated heterocycles. The third-order valence-corrected chi connectivity index (χ3v) is 2.80. The van der Waals surface area contributed by atoms with Crippen molar-refractivity contribution < 1.29 is 19.1 Å². The number of hydrogen-bond acceptors (Lipinski definition) is 5. The summed E-state index contributed by atoms with van der Waals surface area (Å²) in [6.07, 6.45) is 0.839. The van der Waals surface area contributed by atoms with Gasteiger partial charge in [0.05, 0.1) is 13.2 Å². The molecule has 0 aromatic carbocycles. The Kier molecular flexibility index (Phi) is 9.21. The molecule has 0 atom stereocenters. The van der Waals surface area contributed by atoms with Gasteiger partial charge in [0.2, 0.25) is 0 Å². The second-order valence-corrected chi connectivity index (χ2v) is 5.94. The van der Waals surface area contributed by atoms with E-state index in [2.05, 4.69) is 32.6 Å². The standard InChI is InChI=1S/C14H27NO4/c1-5-15(10-14(2,3)4)7-6-13(8-18-11-16)9-19-12-17/h11-13H,5-10H2,1-4H3. The lowest BCUT2D eigenvalue weighted by Crippen LogP contribution is -2.35. The van der Waals surface area contributed by atoms with Crippen LogP contribution in [0.5, 0.6) is 0 Å². The van der Waals surface area contributed by atoms with Gasteiger partial charge < -0.3 is 14.4 Å². The first kappa shape index (κ1) is 17.9. The van der Waals surface area contributed by atoms with E-state index in [1.165, 1.54) is 0 Å². The van der Waals surface area contributed by atoms with E-state index in [0.29, 0.717) is 26.2 Å². The fraction of sp³-hybridized carbons (Fsp3) is 0.857. The maximum absolute atomic E-state index is 10.2. The summed E-state index contributed by atoms with van der Waals surface area (Å²) in [7, 11) is 0. The predicted molar refractivity (Wildman–Crippen MR) is 73.7 cm³/mol. The Bertz CT molecular complexity index is 238. The highest BCUT2D eigenvalue weighted by Crippen LogP contribution is 2.16. The van der Waals surface area contributed by atoms with Crippen molar-refractivity contribution >= 4 is 12.9 Å². The van der Waals surface area contributed by atoms with Gasteiger partial charge in [-0.05, 0) is 24.9 Å². The lowest BCUT2D eigenvalue weighted by atomic mass is 9.95. The SMILES string of the molecule is CCN(CCC(COC=O)COC=O)CC(C)(C)C. The second-order valence-electron chi connectivity index (χ2n) is 5.94. The summed E-state index contributed by atoms with van der Waals surface area (Å²) in [6, 6.07) is 0. The van der Waals surface area contributed by atoms with Crippen LogP contribution in [0.15, 0.2) is 0 Å². The first-order valence-electron chi connectivity index (χ1n) is 6.75. The molecule has 0 aliphatic rings. The third-order valence-electron chi connectivity index (χ3n) is 2.80. The molecular weight excluding hydrogens is 246 g/mol. The molecule has 5 nitrogen and oxygen atoms in total. The zero-order valence-corrected chi connectivity index (χ0v) is 12.6. The first-order chi connectivity index (χ1) is 8.92. The Morgan fingerprint density at radius 3 is 2.00 bits per heavy atom. The molecule has 5 heteroatoms. The zero-order valence-electron chi connectivity index (χ0n) is 12.6. The number of carbonyl (C=O) groups is 2. The van der Waals surface area contributed by atoms with Crippen molar-refractivity contribution in [1.29, 1.82) is 0 Å². The highest BCUT2D eigenvalue weighted by Gasteiger charge is 2.17. The van der Waals surface area contributed by atoms with Crippen LogP contribution in [0.3, 0.4) is 0 Å². The van der Waals surface area contributed by atoms with Gasteiger partial charge in [0.1, 0.15) is 0 Å². The van der Waals surface area contributed by atoms with Crippen LogP contribution in [0.2, 0.25) is 0 Å². The molecule has 0 N–H and O–H groups in total. The van der Waals surface area contributed by atoms with Crippen LogP contribution in [0.1, 0.15) is 34.1 Å². The molecule has 0 aliphatic heterocycles. The second kappa shape index (κ2) is 9.78. The quantitative estimate of drug-likeness (QED) is 0.536. The van der Waals surface area contributed by atoms with E-state index in [-0.39, 0.29) is 11.3 Å². The summed E-state index contributed by atoms with van der Waals surface area (Å²) in [4.78, 5) is 22.8. The Morgan fingerprint density at radius 1 is 1.11 bits per heavy atom. The normalized spacial score (nSPS) is 11.7. The van der Waals surface area contributed by atoms with Gasteiger partial charge in [-0.2, -0.15) is 0 Å². The van der Waals surface area contributed by atoms with Crippen LogP contribution in [0.25, 0.3) is 0 Å². The minimum Gasteiger partial charge on any atom is -0.467 e. The van der Waals surface area contributed by atoms with Crippen molar-refractivity contribution in [2.24, 2.45) is 11.3 Å². The van der Waals surface area contributed by atoms with Crippen LogP contribution in [-0.4, -0.2) is 50.7 Å². The van der Waals surface area contributed by atoms with E-state index in [0.717, 1.165) is 26.1 Å². The first-order valence-corrected chi connectivity index (χ1v) is 6.75. The van der Waals surface area contributed by atoms with Gasteiger partial charge in [-0.1, -0.05) is 27.7 Å². The van der Waals surface area contributed by atoms with Crippen LogP contribution < -0.4 is 0 Å². The number of ether oxygens (including phenoxy) is 2. The summed E-state index contributed by atoms with van der Waals surface area (Å²) >= 11 is 0. The molecule has 0 rings (SSSR count). The Hall–Kier alpha value is -1.10. The molecule has 0 aliphatic carbocycles. The van der Waals surface area contributed by atoms with E-state index >= 15 is 0 Å². The molecular formula is C14H27NO4. The summed E-state index contributed by atoms with van der Waals surface area (Å²) in [6.45, 7) is 13.1. The van der Waals surface area contributed by atoms with Crippen molar-refractivity contribution in [1.82, 2.24) is 4.90 Å². The Balaban J connectivity index is 4.16. The number of nitrogens with zero attached hydrogens (tertiary/aromatic N) is 1. The lowest BCUT2D eigenvalue weighted by Gasteiger charge is -2.30. The van der Waals surface area contributed by atoms with Crippen LogP contribution in [0.4, 0.5) is 0 Å². The molecule has 112 valence electrons. The summed E-state index contributed by atoms with van der Waals surface area (Å²) < 4.78 is 9.53. The van der Waals surface area contributed by atoms with Gasteiger partial charge in [-0.25, -0.2) is 0 Å². The molecule has 0 aromatic rings. The van der Waals surface area contributed by atoms with E-state index in [4.69, 9.17) is 9.47 Å². The minimum atomic E-state index is 0.0596. The van der Waals surface area contributed by atoms with Gasteiger partial charge in [0.15, 0.2) is 0 Å². The average Bonchev–Trinajstić information content (AvgIpc) is 2.34. The predicted octanol–water partition coefficient (Wildman–Crippen LogP) is 1.71. The maximum Gasteiger partial charge on any atom is 0.293 e. The molecule has 0 aromatic heterocycles. The van der Waals surface area contributed by atoms with Crippen molar-refractivity contribution in [3.8, 4) is 0 Å². The highest BCUT2D eigenvalue weighted by atomic mass is 16.5. The fourth-order valence-electron chi connectivity index (χ4n) is 1.95. The molecule has 19 heavy (non-hydrogen) atoms.